The van der Waals surface area contributed by atoms with Gasteiger partial charge in [0.05, 0.1) is 0 Å². The Balaban J connectivity index is 1.11. The van der Waals surface area contributed by atoms with Crippen LogP contribution >= 0.6 is 0 Å². The molecule has 0 spiro atoms. The number of piperidine rings is 2. The minimum Gasteiger partial charge on any atom is -0.446 e. The number of nitrogens with one attached hydrogen (secondary N) is 1. The van der Waals surface area contributed by atoms with Crippen LogP contribution in [0.5, 0.6) is 0 Å². The third-order valence-electron chi connectivity index (χ3n) is 6.58. The lowest BCUT2D eigenvalue weighted by Crippen LogP contribution is -2.39. The number of carbonyl (C=O) groups is 2. The lowest BCUT2D eigenvalue weighted by molar-refractivity contribution is -0.116. The molecule has 0 radical (unpaired) electrons. The van der Waals surface area contributed by atoms with Crippen LogP contribution in [0.15, 0.2) is 24.4 Å². The number of nitrogens with zero attached hydrogens (tertiary/aromatic N) is 3. The Labute approximate surface area is 177 Å². The second kappa shape index (κ2) is 9.04. The second-order valence-corrected chi connectivity index (χ2v) is 8.71. The number of amides is 2. The first-order valence-corrected chi connectivity index (χ1v) is 10.8. The maximum atomic E-state index is 12.4. The van der Waals surface area contributed by atoms with Gasteiger partial charge in [0.15, 0.2) is 0 Å². The highest BCUT2D eigenvalue weighted by molar-refractivity contribution is 5.91. The number of ether oxygens (including phenoxy) is 1. The van der Waals surface area contributed by atoms with Crippen molar-refractivity contribution >= 4 is 23.9 Å². The van der Waals surface area contributed by atoms with E-state index in [4.69, 9.17) is 10.5 Å². The van der Waals surface area contributed by atoms with E-state index in [9.17, 15) is 9.59 Å². The minimum atomic E-state index is -0.147. The van der Waals surface area contributed by atoms with Crippen LogP contribution in [0.4, 0.5) is 10.6 Å². The number of nitrogen functional groups attached to an aromatic ring is 1. The summed E-state index contributed by atoms with van der Waals surface area (Å²) < 4.78 is 5.69. The molecule has 2 saturated heterocycles. The Bertz CT molecular complexity index is 776. The second-order valence-electron chi connectivity index (χ2n) is 8.71. The molecule has 3 fully saturated rings. The van der Waals surface area contributed by atoms with Gasteiger partial charge < -0.3 is 25.6 Å². The van der Waals surface area contributed by atoms with Gasteiger partial charge in [0.25, 0.3) is 0 Å². The van der Waals surface area contributed by atoms with E-state index in [-0.39, 0.29) is 18.1 Å². The lowest BCUT2D eigenvalue weighted by Gasteiger charge is -2.30. The molecule has 0 bridgehead atoms. The van der Waals surface area contributed by atoms with Crippen LogP contribution in [0.25, 0.3) is 6.08 Å². The molecule has 4 rings (SSSR count). The highest BCUT2D eigenvalue weighted by atomic mass is 16.6. The van der Waals surface area contributed by atoms with Gasteiger partial charge in [-0.05, 0) is 67.8 Å². The number of fused-ring (bicyclic) bond motifs is 1. The molecule has 1 aliphatic carbocycles. The highest BCUT2D eigenvalue weighted by Crippen LogP contribution is 2.53. The van der Waals surface area contributed by atoms with Crippen molar-refractivity contribution in [1.82, 2.24) is 20.1 Å². The fraction of sp³-hybridized carbons (Fsp3) is 0.591. The van der Waals surface area contributed by atoms with E-state index in [0.717, 1.165) is 51.0 Å². The number of rotatable bonds is 6. The zero-order valence-corrected chi connectivity index (χ0v) is 17.5. The minimum absolute atomic E-state index is 0.0636. The lowest BCUT2D eigenvalue weighted by atomic mass is 10.1. The van der Waals surface area contributed by atoms with E-state index in [0.29, 0.717) is 30.1 Å². The zero-order valence-electron chi connectivity index (χ0n) is 17.5. The summed E-state index contributed by atoms with van der Waals surface area (Å²) in [5.41, 5.74) is 6.38. The fourth-order valence-electron chi connectivity index (χ4n) is 4.65. The predicted octanol–water partition coefficient (Wildman–Crippen LogP) is 1.59. The predicted molar refractivity (Wildman–Crippen MR) is 114 cm³/mol. The van der Waals surface area contributed by atoms with Gasteiger partial charge >= 0.3 is 6.09 Å². The van der Waals surface area contributed by atoms with Crippen molar-refractivity contribution in [1.29, 1.82) is 0 Å². The quantitative estimate of drug-likeness (QED) is 0.687. The molecule has 1 saturated carbocycles. The Morgan fingerprint density at radius 1 is 1.27 bits per heavy atom. The molecule has 1 aromatic heterocycles. The standard InChI is InChI=1S/C22H31N5O3/c1-26-10-7-16(8-11-26)30-22(29)27-13-18-17(19(18)14-27)6-9-24-21(28)5-3-15-2-4-20(23)25-12-15/h2-5,12,16-19H,6-11,13-14H2,1H3,(H2,23,25)(H,24,28)/b5-3+/t17?,18-,19+. The monoisotopic (exact) mass is 413 g/mol. The average Bonchev–Trinajstić information content (AvgIpc) is 3.17. The number of nitrogens with two attached hydrogens (primary N) is 1. The van der Waals surface area contributed by atoms with Gasteiger partial charge in [-0.15, -0.1) is 0 Å². The Morgan fingerprint density at radius 3 is 2.67 bits per heavy atom. The fourth-order valence-corrected chi connectivity index (χ4v) is 4.65. The number of hydrogen-bond donors (Lipinski definition) is 2. The van der Waals surface area contributed by atoms with Gasteiger partial charge in [0.1, 0.15) is 11.9 Å². The first-order valence-electron chi connectivity index (χ1n) is 10.8. The van der Waals surface area contributed by atoms with Crippen LogP contribution < -0.4 is 11.1 Å². The van der Waals surface area contributed by atoms with E-state index >= 15 is 0 Å². The SMILES string of the molecule is CN1CCC(OC(=O)N2C[C@@H]3C(CCNC(=O)/C=C/c4ccc(N)nc4)[C@@H]3C2)CC1. The number of aromatic nitrogens is 1. The summed E-state index contributed by atoms with van der Waals surface area (Å²) in [5, 5.41) is 2.94. The van der Waals surface area contributed by atoms with Crippen LogP contribution in [0.2, 0.25) is 0 Å². The molecule has 2 aliphatic heterocycles. The maximum absolute atomic E-state index is 12.4. The Morgan fingerprint density at radius 2 is 2.00 bits per heavy atom. The van der Waals surface area contributed by atoms with Crippen LogP contribution in [0, 0.1) is 17.8 Å². The summed E-state index contributed by atoms with van der Waals surface area (Å²) in [4.78, 5) is 32.5. The molecule has 1 aromatic rings. The summed E-state index contributed by atoms with van der Waals surface area (Å²) >= 11 is 0. The molecule has 162 valence electrons. The van der Waals surface area contributed by atoms with Crippen molar-refractivity contribution in [2.45, 2.75) is 25.4 Å². The molecular formula is C22H31N5O3. The van der Waals surface area contributed by atoms with Gasteiger partial charge in [-0.1, -0.05) is 0 Å². The largest absolute Gasteiger partial charge is 0.446 e. The van der Waals surface area contributed by atoms with Gasteiger partial charge in [-0.25, -0.2) is 9.78 Å². The van der Waals surface area contributed by atoms with Crippen molar-refractivity contribution in [2.75, 3.05) is 45.5 Å². The Hall–Kier alpha value is -2.61. The van der Waals surface area contributed by atoms with E-state index in [1.54, 1.807) is 18.3 Å². The van der Waals surface area contributed by atoms with Crippen LogP contribution in [0.3, 0.4) is 0 Å². The van der Waals surface area contributed by atoms with Gasteiger partial charge in [-0.3, -0.25) is 4.79 Å². The number of anilines is 1. The number of carbonyl (C=O) groups excluding carboxylic acids is 2. The number of likely N-dealkylation sites (tertiary alicyclic amines) is 2. The number of hydrogen-bond acceptors (Lipinski definition) is 6. The van der Waals surface area contributed by atoms with Crippen molar-refractivity contribution in [3.8, 4) is 0 Å². The average molecular weight is 414 g/mol. The summed E-state index contributed by atoms with van der Waals surface area (Å²) in [6.45, 7) is 4.21. The maximum Gasteiger partial charge on any atom is 0.410 e. The van der Waals surface area contributed by atoms with Crippen LogP contribution in [0.1, 0.15) is 24.8 Å². The third-order valence-corrected chi connectivity index (χ3v) is 6.58. The third kappa shape index (κ3) is 5.11. The molecular weight excluding hydrogens is 382 g/mol. The van der Waals surface area contributed by atoms with Crippen LogP contribution in [-0.4, -0.2) is 72.7 Å². The normalized spacial score (nSPS) is 26.6. The summed E-state index contributed by atoms with van der Waals surface area (Å²) in [6.07, 6.45) is 7.59. The first-order chi connectivity index (χ1) is 14.5. The molecule has 3 N–H and O–H groups in total. The molecule has 3 aliphatic rings. The molecule has 3 heterocycles. The highest BCUT2D eigenvalue weighted by Gasteiger charge is 2.56. The molecule has 0 aromatic carbocycles. The van der Waals surface area contributed by atoms with Crippen molar-refractivity contribution in [2.24, 2.45) is 17.8 Å². The summed E-state index contributed by atoms with van der Waals surface area (Å²) in [6, 6.07) is 3.53. The van der Waals surface area contributed by atoms with E-state index in [1.807, 2.05) is 11.0 Å². The topological polar surface area (TPSA) is 101 Å². The van der Waals surface area contributed by atoms with E-state index in [1.165, 1.54) is 6.08 Å². The smallest absolute Gasteiger partial charge is 0.410 e. The molecule has 2 amide bonds. The molecule has 8 heteroatoms. The molecule has 3 atom stereocenters. The van der Waals surface area contributed by atoms with E-state index < -0.39 is 0 Å². The Kier molecular flexibility index (Phi) is 6.22. The molecule has 1 unspecified atom stereocenters. The first kappa shape index (κ1) is 20.7. The number of pyridine rings is 1. The van der Waals surface area contributed by atoms with Crippen molar-refractivity contribution in [3.63, 3.8) is 0 Å². The molecule has 30 heavy (non-hydrogen) atoms. The summed E-state index contributed by atoms with van der Waals surface area (Å²) in [7, 11) is 2.10. The van der Waals surface area contributed by atoms with Gasteiger partial charge in [-0.2, -0.15) is 0 Å². The van der Waals surface area contributed by atoms with Gasteiger partial charge in [0, 0.05) is 45.0 Å². The van der Waals surface area contributed by atoms with Gasteiger partial charge in [0.2, 0.25) is 5.91 Å². The van der Waals surface area contributed by atoms with Crippen molar-refractivity contribution in [3.05, 3.63) is 30.0 Å². The van der Waals surface area contributed by atoms with E-state index in [2.05, 4.69) is 22.2 Å². The zero-order chi connectivity index (χ0) is 21.1. The van der Waals surface area contributed by atoms with Crippen molar-refractivity contribution < 1.29 is 14.3 Å². The summed E-state index contributed by atoms with van der Waals surface area (Å²) in [5.74, 6) is 2.07. The van der Waals surface area contributed by atoms with Crippen LogP contribution in [-0.2, 0) is 9.53 Å². The molecule has 8 nitrogen and oxygen atoms in total.